The molecule has 4 nitrogen and oxygen atoms in total. The van der Waals surface area contributed by atoms with Gasteiger partial charge in [-0.25, -0.2) is 4.79 Å². The molecule has 1 aliphatic heterocycles. The minimum absolute atomic E-state index is 0.0516. The Morgan fingerprint density at radius 2 is 2.20 bits per heavy atom. The molecule has 0 spiro atoms. The Labute approximate surface area is 120 Å². The molecule has 4 heteroatoms. The average molecular weight is 276 g/mol. The van der Waals surface area contributed by atoms with Crippen LogP contribution in [0.5, 0.6) is 0 Å². The van der Waals surface area contributed by atoms with Gasteiger partial charge in [-0.15, -0.1) is 0 Å². The molecule has 0 radical (unpaired) electrons. The molecule has 0 aromatic heterocycles. The van der Waals surface area contributed by atoms with E-state index in [1.807, 2.05) is 25.1 Å². The SMILES string of the molecule is CC(CCc1ccccc1)NC(=O)N1CCCC(O)C1. The summed E-state index contributed by atoms with van der Waals surface area (Å²) in [6, 6.07) is 10.4. The Morgan fingerprint density at radius 3 is 2.90 bits per heavy atom. The smallest absolute Gasteiger partial charge is 0.317 e. The first kappa shape index (κ1) is 14.9. The van der Waals surface area contributed by atoms with Gasteiger partial charge in [0.15, 0.2) is 0 Å². The average Bonchev–Trinajstić information content (AvgIpc) is 2.46. The number of aliphatic hydroxyl groups excluding tert-OH is 1. The lowest BCUT2D eigenvalue weighted by Crippen LogP contribution is -2.49. The molecule has 0 bridgehead atoms. The largest absolute Gasteiger partial charge is 0.391 e. The Morgan fingerprint density at radius 1 is 1.45 bits per heavy atom. The van der Waals surface area contributed by atoms with Crippen LogP contribution in [0.3, 0.4) is 0 Å². The molecular weight excluding hydrogens is 252 g/mol. The van der Waals surface area contributed by atoms with E-state index in [2.05, 4.69) is 17.4 Å². The number of hydrogen-bond acceptors (Lipinski definition) is 2. The van der Waals surface area contributed by atoms with Gasteiger partial charge < -0.3 is 15.3 Å². The zero-order chi connectivity index (χ0) is 14.4. The molecule has 110 valence electrons. The van der Waals surface area contributed by atoms with Gasteiger partial charge in [0, 0.05) is 19.1 Å². The first-order chi connectivity index (χ1) is 9.65. The molecule has 2 rings (SSSR count). The van der Waals surface area contributed by atoms with E-state index in [1.54, 1.807) is 4.90 Å². The van der Waals surface area contributed by atoms with Crippen molar-refractivity contribution < 1.29 is 9.90 Å². The highest BCUT2D eigenvalue weighted by atomic mass is 16.3. The fourth-order valence-corrected chi connectivity index (χ4v) is 2.54. The predicted octanol–water partition coefficient (Wildman–Crippen LogP) is 2.17. The molecular formula is C16H24N2O2. The first-order valence-corrected chi connectivity index (χ1v) is 7.42. The molecule has 20 heavy (non-hydrogen) atoms. The highest BCUT2D eigenvalue weighted by molar-refractivity contribution is 5.74. The first-order valence-electron chi connectivity index (χ1n) is 7.42. The van der Waals surface area contributed by atoms with E-state index in [9.17, 15) is 9.90 Å². The Hall–Kier alpha value is -1.55. The van der Waals surface area contributed by atoms with Crippen molar-refractivity contribution in [2.75, 3.05) is 13.1 Å². The lowest BCUT2D eigenvalue weighted by Gasteiger charge is -2.31. The number of aryl methyl sites for hydroxylation is 1. The lowest BCUT2D eigenvalue weighted by atomic mass is 10.1. The van der Waals surface area contributed by atoms with Crippen LogP contribution < -0.4 is 5.32 Å². The summed E-state index contributed by atoms with van der Waals surface area (Å²) in [5, 5.41) is 12.6. The van der Waals surface area contributed by atoms with Gasteiger partial charge in [-0.1, -0.05) is 30.3 Å². The third kappa shape index (κ3) is 4.53. The van der Waals surface area contributed by atoms with E-state index in [0.717, 1.165) is 32.2 Å². The van der Waals surface area contributed by atoms with Gasteiger partial charge >= 0.3 is 6.03 Å². The summed E-state index contributed by atoms with van der Waals surface area (Å²) >= 11 is 0. The van der Waals surface area contributed by atoms with Crippen LogP contribution in [0.2, 0.25) is 0 Å². The molecule has 1 aromatic rings. The standard InChI is InChI=1S/C16H24N2O2/c1-13(9-10-14-6-3-2-4-7-14)17-16(20)18-11-5-8-15(19)12-18/h2-4,6-7,13,15,19H,5,8-12H2,1H3,(H,17,20). The number of nitrogens with zero attached hydrogens (tertiary/aromatic N) is 1. The molecule has 0 aliphatic carbocycles. The molecule has 1 aliphatic rings. The number of nitrogens with one attached hydrogen (secondary N) is 1. The van der Waals surface area contributed by atoms with E-state index in [-0.39, 0.29) is 18.2 Å². The predicted molar refractivity (Wildman–Crippen MR) is 79.6 cm³/mol. The number of benzene rings is 1. The maximum atomic E-state index is 12.1. The van der Waals surface area contributed by atoms with E-state index >= 15 is 0 Å². The van der Waals surface area contributed by atoms with Crippen molar-refractivity contribution in [2.24, 2.45) is 0 Å². The van der Waals surface area contributed by atoms with Crippen molar-refractivity contribution in [3.8, 4) is 0 Å². The number of rotatable bonds is 4. The maximum absolute atomic E-state index is 12.1. The zero-order valence-electron chi connectivity index (χ0n) is 12.1. The third-order valence-electron chi connectivity index (χ3n) is 3.76. The van der Waals surface area contributed by atoms with Gasteiger partial charge in [-0.3, -0.25) is 0 Å². The van der Waals surface area contributed by atoms with Crippen molar-refractivity contribution in [3.05, 3.63) is 35.9 Å². The van der Waals surface area contributed by atoms with Gasteiger partial charge in [0.25, 0.3) is 0 Å². The fraction of sp³-hybridized carbons (Fsp3) is 0.562. The summed E-state index contributed by atoms with van der Waals surface area (Å²) in [4.78, 5) is 13.8. The normalized spacial score (nSPS) is 20.5. The topological polar surface area (TPSA) is 52.6 Å². The Kier molecular flexibility index (Phi) is 5.41. The minimum atomic E-state index is -0.367. The third-order valence-corrected chi connectivity index (χ3v) is 3.76. The van der Waals surface area contributed by atoms with Crippen molar-refractivity contribution in [1.82, 2.24) is 10.2 Å². The van der Waals surface area contributed by atoms with Gasteiger partial charge in [0.05, 0.1) is 6.10 Å². The summed E-state index contributed by atoms with van der Waals surface area (Å²) < 4.78 is 0. The van der Waals surface area contributed by atoms with Crippen LogP contribution in [0.25, 0.3) is 0 Å². The molecule has 1 fully saturated rings. The van der Waals surface area contributed by atoms with Gasteiger partial charge in [-0.05, 0) is 38.2 Å². The van der Waals surface area contributed by atoms with E-state index in [1.165, 1.54) is 5.56 Å². The molecule has 1 heterocycles. The molecule has 1 saturated heterocycles. The molecule has 2 N–H and O–H groups in total. The van der Waals surface area contributed by atoms with Crippen molar-refractivity contribution in [3.63, 3.8) is 0 Å². The van der Waals surface area contributed by atoms with Crippen LogP contribution in [0.4, 0.5) is 4.79 Å². The lowest BCUT2D eigenvalue weighted by molar-refractivity contribution is 0.0834. The maximum Gasteiger partial charge on any atom is 0.317 e. The van der Waals surface area contributed by atoms with Crippen LogP contribution >= 0.6 is 0 Å². The number of aliphatic hydroxyl groups is 1. The van der Waals surface area contributed by atoms with Crippen molar-refractivity contribution in [2.45, 2.75) is 44.8 Å². The highest BCUT2D eigenvalue weighted by Crippen LogP contribution is 2.10. The zero-order valence-corrected chi connectivity index (χ0v) is 12.1. The Bertz CT molecular complexity index is 422. The van der Waals surface area contributed by atoms with Crippen LogP contribution in [0.15, 0.2) is 30.3 Å². The number of hydrogen-bond donors (Lipinski definition) is 2. The number of urea groups is 1. The van der Waals surface area contributed by atoms with Crippen LogP contribution in [-0.4, -0.2) is 41.3 Å². The molecule has 2 unspecified atom stereocenters. The van der Waals surface area contributed by atoms with Gasteiger partial charge in [-0.2, -0.15) is 0 Å². The summed E-state index contributed by atoms with van der Waals surface area (Å²) in [5.41, 5.74) is 1.29. The van der Waals surface area contributed by atoms with Crippen LogP contribution in [0, 0.1) is 0 Å². The van der Waals surface area contributed by atoms with Crippen LogP contribution in [0.1, 0.15) is 31.7 Å². The number of piperidine rings is 1. The second-order valence-electron chi connectivity index (χ2n) is 5.62. The van der Waals surface area contributed by atoms with E-state index < -0.39 is 0 Å². The number of likely N-dealkylation sites (tertiary alicyclic amines) is 1. The van der Waals surface area contributed by atoms with E-state index in [4.69, 9.17) is 0 Å². The second-order valence-corrected chi connectivity index (χ2v) is 5.62. The summed E-state index contributed by atoms with van der Waals surface area (Å²) in [5.74, 6) is 0. The molecule has 2 amide bonds. The number of carbonyl (C=O) groups is 1. The van der Waals surface area contributed by atoms with Crippen molar-refractivity contribution in [1.29, 1.82) is 0 Å². The Balaban J connectivity index is 1.73. The fourth-order valence-electron chi connectivity index (χ4n) is 2.54. The summed E-state index contributed by atoms with van der Waals surface area (Å²) in [7, 11) is 0. The quantitative estimate of drug-likeness (QED) is 0.885. The highest BCUT2D eigenvalue weighted by Gasteiger charge is 2.22. The number of amides is 2. The van der Waals surface area contributed by atoms with Gasteiger partial charge in [0.1, 0.15) is 0 Å². The number of β-amino-alcohol motifs (C(OH)–C–C–N with tert-alkyl or cyclic N) is 1. The summed E-state index contributed by atoms with van der Waals surface area (Å²) in [6.45, 7) is 3.23. The summed E-state index contributed by atoms with van der Waals surface area (Å²) in [6.07, 6.45) is 3.20. The second kappa shape index (κ2) is 7.29. The van der Waals surface area contributed by atoms with Crippen LogP contribution in [-0.2, 0) is 6.42 Å². The van der Waals surface area contributed by atoms with Gasteiger partial charge in [0.2, 0.25) is 0 Å². The molecule has 0 saturated carbocycles. The number of carbonyl (C=O) groups excluding carboxylic acids is 1. The molecule has 1 aromatic carbocycles. The monoisotopic (exact) mass is 276 g/mol. The van der Waals surface area contributed by atoms with E-state index in [0.29, 0.717) is 6.54 Å². The minimum Gasteiger partial charge on any atom is -0.391 e. The molecule has 2 atom stereocenters. The van der Waals surface area contributed by atoms with Crippen molar-refractivity contribution >= 4 is 6.03 Å².